The Kier molecular flexibility index (Phi) is 5.03. The second-order valence-corrected chi connectivity index (χ2v) is 5.18. The standard InChI is InChI=1S/C13H23BrN2/c1-5-11-8-12(16(4)15-11)9-13(6-2,7-3)10-14/h8H,5-7,9-10H2,1-4H3. The van der Waals surface area contributed by atoms with Crippen molar-refractivity contribution in [3.8, 4) is 0 Å². The van der Waals surface area contributed by atoms with E-state index in [0.717, 1.165) is 18.2 Å². The van der Waals surface area contributed by atoms with E-state index in [1.165, 1.54) is 24.2 Å². The first-order valence-corrected chi connectivity index (χ1v) is 7.30. The van der Waals surface area contributed by atoms with Gasteiger partial charge in [0.1, 0.15) is 0 Å². The van der Waals surface area contributed by atoms with Crippen LogP contribution in [0.25, 0.3) is 0 Å². The summed E-state index contributed by atoms with van der Waals surface area (Å²) in [6, 6.07) is 2.25. The van der Waals surface area contributed by atoms with Gasteiger partial charge >= 0.3 is 0 Å². The molecule has 92 valence electrons. The summed E-state index contributed by atoms with van der Waals surface area (Å²) < 4.78 is 2.04. The Morgan fingerprint density at radius 1 is 1.31 bits per heavy atom. The van der Waals surface area contributed by atoms with Crippen LogP contribution in [0.5, 0.6) is 0 Å². The molecule has 0 unspecified atom stereocenters. The summed E-state index contributed by atoms with van der Waals surface area (Å²) in [5.74, 6) is 0. The lowest BCUT2D eigenvalue weighted by atomic mass is 9.80. The average molecular weight is 287 g/mol. The molecule has 3 heteroatoms. The minimum atomic E-state index is 0.388. The van der Waals surface area contributed by atoms with Crippen LogP contribution in [-0.4, -0.2) is 15.1 Å². The largest absolute Gasteiger partial charge is 0.272 e. The molecule has 0 aliphatic heterocycles. The molecule has 1 heterocycles. The quantitative estimate of drug-likeness (QED) is 0.729. The second-order valence-electron chi connectivity index (χ2n) is 4.62. The summed E-state index contributed by atoms with van der Waals surface area (Å²) in [7, 11) is 2.05. The molecular weight excluding hydrogens is 264 g/mol. The molecule has 0 N–H and O–H groups in total. The van der Waals surface area contributed by atoms with E-state index in [9.17, 15) is 0 Å². The highest BCUT2D eigenvalue weighted by Gasteiger charge is 2.26. The zero-order valence-corrected chi connectivity index (χ0v) is 12.5. The van der Waals surface area contributed by atoms with Gasteiger partial charge in [0.2, 0.25) is 0 Å². The first kappa shape index (κ1) is 13.8. The number of nitrogens with zero attached hydrogens (tertiary/aromatic N) is 2. The lowest BCUT2D eigenvalue weighted by Crippen LogP contribution is -2.25. The topological polar surface area (TPSA) is 17.8 Å². The van der Waals surface area contributed by atoms with Crippen LogP contribution < -0.4 is 0 Å². The van der Waals surface area contributed by atoms with E-state index in [0.29, 0.717) is 5.41 Å². The monoisotopic (exact) mass is 286 g/mol. The Morgan fingerprint density at radius 2 is 1.94 bits per heavy atom. The lowest BCUT2D eigenvalue weighted by molar-refractivity contribution is 0.299. The number of aromatic nitrogens is 2. The van der Waals surface area contributed by atoms with Crippen LogP contribution in [0, 0.1) is 5.41 Å². The average Bonchev–Trinajstić information content (AvgIpc) is 2.67. The smallest absolute Gasteiger partial charge is 0.0624 e. The predicted octanol–water partition coefficient (Wildman–Crippen LogP) is 3.73. The van der Waals surface area contributed by atoms with E-state index in [-0.39, 0.29) is 0 Å². The zero-order valence-electron chi connectivity index (χ0n) is 10.9. The Labute approximate surface area is 108 Å². The van der Waals surface area contributed by atoms with Gasteiger partial charge in [0.05, 0.1) is 5.69 Å². The number of rotatable bonds is 6. The summed E-state index contributed by atoms with van der Waals surface area (Å²) in [4.78, 5) is 0. The van der Waals surface area contributed by atoms with E-state index < -0.39 is 0 Å². The van der Waals surface area contributed by atoms with Gasteiger partial charge in [-0.25, -0.2) is 0 Å². The van der Waals surface area contributed by atoms with Crippen LogP contribution >= 0.6 is 15.9 Å². The van der Waals surface area contributed by atoms with Gasteiger partial charge in [0.15, 0.2) is 0 Å². The van der Waals surface area contributed by atoms with Crippen LogP contribution in [0.3, 0.4) is 0 Å². The molecule has 1 aromatic rings. The third-order valence-corrected chi connectivity index (χ3v) is 4.92. The number of hydrogen-bond donors (Lipinski definition) is 0. The van der Waals surface area contributed by atoms with Crippen molar-refractivity contribution in [3.63, 3.8) is 0 Å². The molecule has 0 radical (unpaired) electrons. The molecule has 0 saturated heterocycles. The maximum absolute atomic E-state index is 4.52. The molecule has 0 aliphatic rings. The Hall–Kier alpha value is -0.310. The van der Waals surface area contributed by atoms with Crippen molar-refractivity contribution in [1.29, 1.82) is 0 Å². The summed E-state index contributed by atoms with van der Waals surface area (Å²) in [6.45, 7) is 6.72. The Balaban J connectivity index is 2.88. The fourth-order valence-corrected chi connectivity index (χ4v) is 3.02. The van der Waals surface area contributed by atoms with E-state index in [1.54, 1.807) is 0 Å². The second kappa shape index (κ2) is 5.85. The molecule has 1 rings (SSSR count). The molecule has 0 bridgehead atoms. The Bertz CT molecular complexity index is 318. The van der Waals surface area contributed by atoms with Crippen LogP contribution in [0.1, 0.15) is 45.0 Å². The molecule has 0 aromatic carbocycles. The number of halogens is 1. The third-order valence-electron chi connectivity index (χ3n) is 3.73. The summed E-state index contributed by atoms with van der Waals surface area (Å²) in [5, 5.41) is 5.59. The first-order valence-electron chi connectivity index (χ1n) is 6.18. The first-order chi connectivity index (χ1) is 7.60. The van der Waals surface area contributed by atoms with E-state index in [4.69, 9.17) is 0 Å². The van der Waals surface area contributed by atoms with Gasteiger partial charge in [-0.1, -0.05) is 36.7 Å². The minimum absolute atomic E-state index is 0.388. The molecule has 0 aliphatic carbocycles. The van der Waals surface area contributed by atoms with Crippen molar-refractivity contribution in [2.75, 3.05) is 5.33 Å². The van der Waals surface area contributed by atoms with Gasteiger partial charge in [-0.3, -0.25) is 4.68 Å². The number of hydrogen-bond acceptors (Lipinski definition) is 1. The molecule has 0 atom stereocenters. The van der Waals surface area contributed by atoms with Gasteiger partial charge in [0.25, 0.3) is 0 Å². The van der Waals surface area contributed by atoms with E-state index >= 15 is 0 Å². The molecule has 1 aromatic heterocycles. The molecule has 2 nitrogen and oxygen atoms in total. The molecule has 0 spiro atoms. The highest BCUT2D eigenvalue weighted by molar-refractivity contribution is 9.09. The summed E-state index contributed by atoms with van der Waals surface area (Å²) in [6.07, 6.45) is 4.56. The lowest BCUT2D eigenvalue weighted by Gasteiger charge is -2.29. The SMILES string of the molecule is CCc1cc(CC(CC)(CC)CBr)n(C)n1. The summed E-state index contributed by atoms with van der Waals surface area (Å²) in [5.41, 5.74) is 2.95. The van der Waals surface area contributed by atoms with E-state index in [1.807, 2.05) is 4.68 Å². The van der Waals surface area contributed by atoms with Gasteiger partial charge < -0.3 is 0 Å². The van der Waals surface area contributed by atoms with Crippen molar-refractivity contribution in [2.24, 2.45) is 12.5 Å². The normalized spacial score (nSPS) is 12.1. The van der Waals surface area contributed by atoms with Gasteiger partial charge in [0, 0.05) is 18.1 Å². The molecule has 0 fully saturated rings. The predicted molar refractivity (Wildman–Crippen MR) is 73.1 cm³/mol. The maximum atomic E-state index is 4.52. The van der Waals surface area contributed by atoms with E-state index in [2.05, 4.69) is 54.9 Å². The van der Waals surface area contributed by atoms with Crippen LogP contribution in [0.2, 0.25) is 0 Å². The zero-order chi connectivity index (χ0) is 12.2. The fourth-order valence-electron chi connectivity index (χ4n) is 2.03. The van der Waals surface area contributed by atoms with Gasteiger partial charge in [-0.2, -0.15) is 5.10 Å². The Morgan fingerprint density at radius 3 is 2.31 bits per heavy atom. The molecule has 16 heavy (non-hydrogen) atoms. The van der Waals surface area contributed by atoms with Crippen molar-refractivity contribution in [2.45, 2.75) is 46.5 Å². The van der Waals surface area contributed by atoms with Crippen molar-refractivity contribution in [3.05, 3.63) is 17.5 Å². The third kappa shape index (κ3) is 2.88. The maximum Gasteiger partial charge on any atom is 0.0624 e. The number of alkyl halides is 1. The minimum Gasteiger partial charge on any atom is -0.272 e. The highest BCUT2D eigenvalue weighted by atomic mass is 79.9. The van der Waals surface area contributed by atoms with Gasteiger partial charge in [-0.15, -0.1) is 0 Å². The van der Waals surface area contributed by atoms with Crippen molar-refractivity contribution >= 4 is 15.9 Å². The molecular formula is C13H23BrN2. The van der Waals surface area contributed by atoms with Crippen LogP contribution in [0.15, 0.2) is 6.07 Å². The molecule has 0 saturated carbocycles. The number of aryl methyl sites for hydroxylation is 2. The van der Waals surface area contributed by atoms with Crippen LogP contribution in [-0.2, 0) is 19.9 Å². The summed E-state index contributed by atoms with van der Waals surface area (Å²) >= 11 is 3.67. The van der Waals surface area contributed by atoms with Crippen LogP contribution in [0.4, 0.5) is 0 Å². The van der Waals surface area contributed by atoms with Gasteiger partial charge in [-0.05, 0) is 37.2 Å². The van der Waals surface area contributed by atoms with Crippen molar-refractivity contribution < 1.29 is 0 Å². The van der Waals surface area contributed by atoms with Crippen molar-refractivity contribution in [1.82, 2.24) is 9.78 Å². The highest BCUT2D eigenvalue weighted by Crippen LogP contribution is 2.33. The fraction of sp³-hybridized carbons (Fsp3) is 0.769. The molecule has 0 amide bonds.